The Labute approximate surface area is 125 Å². The fourth-order valence-corrected chi connectivity index (χ4v) is 2.70. The minimum absolute atomic E-state index is 0.00225. The molecule has 1 saturated heterocycles. The quantitative estimate of drug-likeness (QED) is 0.840. The molecule has 0 aliphatic carbocycles. The number of hydrogen-bond acceptors (Lipinski definition) is 4. The summed E-state index contributed by atoms with van der Waals surface area (Å²) in [6.07, 6.45) is 3.79. The van der Waals surface area contributed by atoms with Gasteiger partial charge in [-0.2, -0.15) is 0 Å². The molecule has 1 aromatic carbocycles. The van der Waals surface area contributed by atoms with Crippen LogP contribution < -0.4 is 10.1 Å². The van der Waals surface area contributed by atoms with Crippen LogP contribution in [0.5, 0.6) is 5.75 Å². The van der Waals surface area contributed by atoms with E-state index in [-0.39, 0.29) is 18.6 Å². The van der Waals surface area contributed by atoms with E-state index in [1.165, 1.54) is 6.42 Å². The second kappa shape index (κ2) is 8.00. The van der Waals surface area contributed by atoms with Gasteiger partial charge < -0.3 is 15.2 Å². The van der Waals surface area contributed by atoms with Crippen LogP contribution in [0.2, 0.25) is 0 Å². The number of rotatable bonds is 6. The number of hydrogen-bond donors (Lipinski definition) is 2. The number of carbonyl (C=O) groups excluding carboxylic acids is 1. The summed E-state index contributed by atoms with van der Waals surface area (Å²) >= 11 is 0. The summed E-state index contributed by atoms with van der Waals surface area (Å²) in [6.45, 7) is 1.86. The minimum Gasteiger partial charge on any atom is -0.497 e. The Morgan fingerprint density at radius 3 is 2.81 bits per heavy atom. The molecule has 21 heavy (non-hydrogen) atoms. The SMILES string of the molecule is COc1ccc(NC(=O)CCN2CCCC[C@@H]2CO)cc1. The van der Waals surface area contributed by atoms with Crippen molar-refractivity contribution in [2.45, 2.75) is 31.7 Å². The Morgan fingerprint density at radius 1 is 1.38 bits per heavy atom. The third kappa shape index (κ3) is 4.72. The van der Waals surface area contributed by atoms with E-state index in [0.717, 1.165) is 30.8 Å². The highest BCUT2D eigenvalue weighted by Crippen LogP contribution is 2.18. The summed E-state index contributed by atoms with van der Waals surface area (Å²) in [4.78, 5) is 14.2. The van der Waals surface area contributed by atoms with Crippen LogP contribution in [0.1, 0.15) is 25.7 Å². The summed E-state index contributed by atoms with van der Waals surface area (Å²) in [5.74, 6) is 0.773. The van der Waals surface area contributed by atoms with E-state index < -0.39 is 0 Å². The first-order chi connectivity index (χ1) is 10.2. The van der Waals surface area contributed by atoms with E-state index >= 15 is 0 Å². The first-order valence-corrected chi connectivity index (χ1v) is 7.51. The number of benzene rings is 1. The van der Waals surface area contributed by atoms with Crippen LogP contribution in [0, 0.1) is 0 Å². The van der Waals surface area contributed by atoms with Gasteiger partial charge in [-0.1, -0.05) is 6.42 Å². The third-order valence-electron chi connectivity index (χ3n) is 3.96. The molecule has 0 aromatic heterocycles. The van der Waals surface area contributed by atoms with Crippen molar-refractivity contribution in [1.82, 2.24) is 4.90 Å². The molecule has 0 radical (unpaired) electrons. The largest absolute Gasteiger partial charge is 0.497 e. The van der Waals surface area contributed by atoms with Crippen LogP contribution in [-0.2, 0) is 4.79 Å². The van der Waals surface area contributed by atoms with Gasteiger partial charge in [0, 0.05) is 24.7 Å². The van der Waals surface area contributed by atoms with E-state index in [1.54, 1.807) is 7.11 Å². The average Bonchev–Trinajstić information content (AvgIpc) is 2.54. The molecular formula is C16H24N2O3. The summed E-state index contributed by atoms with van der Waals surface area (Å²) in [5.41, 5.74) is 0.776. The first kappa shape index (κ1) is 15.8. The third-order valence-corrected chi connectivity index (χ3v) is 3.96. The zero-order valence-electron chi connectivity index (χ0n) is 12.5. The van der Waals surface area contributed by atoms with Crippen LogP contribution in [-0.4, -0.2) is 48.8 Å². The highest BCUT2D eigenvalue weighted by molar-refractivity contribution is 5.90. The number of nitrogens with one attached hydrogen (secondary N) is 1. The summed E-state index contributed by atoms with van der Waals surface area (Å²) in [5, 5.41) is 12.2. The monoisotopic (exact) mass is 292 g/mol. The summed E-state index contributed by atoms with van der Waals surface area (Å²) < 4.78 is 5.08. The van der Waals surface area contributed by atoms with Gasteiger partial charge in [-0.05, 0) is 43.7 Å². The molecule has 116 valence electrons. The number of ether oxygens (including phenoxy) is 1. The molecule has 1 atom stereocenters. The van der Waals surface area contributed by atoms with Crippen molar-refractivity contribution in [3.8, 4) is 5.75 Å². The van der Waals surface area contributed by atoms with Gasteiger partial charge in [-0.15, -0.1) is 0 Å². The van der Waals surface area contributed by atoms with Crippen molar-refractivity contribution in [3.05, 3.63) is 24.3 Å². The number of anilines is 1. The van der Waals surface area contributed by atoms with Crippen molar-refractivity contribution in [2.75, 3.05) is 32.1 Å². The Morgan fingerprint density at radius 2 is 2.14 bits per heavy atom. The number of piperidine rings is 1. The molecule has 1 fully saturated rings. The molecule has 2 N–H and O–H groups in total. The van der Waals surface area contributed by atoms with E-state index in [9.17, 15) is 9.90 Å². The Bertz CT molecular complexity index is 447. The maximum Gasteiger partial charge on any atom is 0.225 e. The van der Waals surface area contributed by atoms with Gasteiger partial charge in [-0.25, -0.2) is 0 Å². The van der Waals surface area contributed by atoms with E-state index in [1.807, 2.05) is 24.3 Å². The van der Waals surface area contributed by atoms with Gasteiger partial charge >= 0.3 is 0 Å². The second-order valence-corrected chi connectivity index (χ2v) is 5.39. The maximum absolute atomic E-state index is 12.0. The lowest BCUT2D eigenvalue weighted by atomic mass is 10.0. The van der Waals surface area contributed by atoms with Crippen molar-refractivity contribution < 1.29 is 14.6 Å². The fourth-order valence-electron chi connectivity index (χ4n) is 2.70. The van der Waals surface area contributed by atoms with Gasteiger partial charge in [0.05, 0.1) is 13.7 Å². The van der Waals surface area contributed by atoms with Crippen molar-refractivity contribution in [1.29, 1.82) is 0 Å². The van der Waals surface area contributed by atoms with E-state index in [0.29, 0.717) is 13.0 Å². The maximum atomic E-state index is 12.0. The number of carbonyl (C=O) groups is 1. The molecule has 1 heterocycles. The summed E-state index contributed by atoms with van der Waals surface area (Å²) in [7, 11) is 1.61. The zero-order valence-corrected chi connectivity index (χ0v) is 12.5. The molecule has 2 rings (SSSR count). The van der Waals surface area contributed by atoms with Crippen LogP contribution >= 0.6 is 0 Å². The topological polar surface area (TPSA) is 61.8 Å². The van der Waals surface area contributed by atoms with E-state index in [4.69, 9.17) is 4.74 Å². The second-order valence-electron chi connectivity index (χ2n) is 5.39. The number of methoxy groups -OCH3 is 1. The van der Waals surface area contributed by atoms with Crippen LogP contribution in [0.4, 0.5) is 5.69 Å². The number of amides is 1. The molecule has 5 nitrogen and oxygen atoms in total. The number of likely N-dealkylation sites (tertiary alicyclic amines) is 1. The molecule has 0 bridgehead atoms. The van der Waals surface area contributed by atoms with Crippen molar-refractivity contribution >= 4 is 11.6 Å². The molecule has 0 spiro atoms. The minimum atomic E-state index is 0.00225. The van der Waals surface area contributed by atoms with Crippen molar-refractivity contribution in [3.63, 3.8) is 0 Å². The fraction of sp³-hybridized carbons (Fsp3) is 0.562. The predicted molar refractivity (Wildman–Crippen MR) is 82.5 cm³/mol. The standard InChI is InChI=1S/C16H24N2O3/c1-21-15-7-5-13(6-8-15)17-16(20)9-11-18-10-3-2-4-14(18)12-19/h5-8,14,19H,2-4,9-12H2,1H3,(H,17,20)/t14-/m1/s1. The summed E-state index contributed by atoms with van der Waals surface area (Å²) in [6, 6.07) is 7.51. The van der Waals surface area contributed by atoms with Gasteiger partial charge in [0.15, 0.2) is 0 Å². The molecule has 0 saturated carbocycles. The van der Waals surface area contributed by atoms with Gasteiger partial charge in [0.25, 0.3) is 0 Å². The Hall–Kier alpha value is -1.59. The number of aliphatic hydroxyl groups is 1. The molecule has 0 unspecified atom stereocenters. The Balaban J connectivity index is 1.78. The Kier molecular flexibility index (Phi) is 6.02. The number of aliphatic hydroxyl groups excluding tert-OH is 1. The average molecular weight is 292 g/mol. The smallest absolute Gasteiger partial charge is 0.225 e. The number of nitrogens with zero attached hydrogens (tertiary/aromatic N) is 1. The van der Waals surface area contributed by atoms with Crippen LogP contribution in [0.15, 0.2) is 24.3 Å². The lowest BCUT2D eigenvalue weighted by Gasteiger charge is -2.34. The molecule has 5 heteroatoms. The van der Waals surface area contributed by atoms with Gasteiger partial charge in [0.1, 0.15) is 5.75 Å². The molecule has 1 amide bonds. The van der Waals surface area contributed by atoms with Crippen LogP contribution in [0.25, 0.3) is 0 Å². The van der Waals surface area contributed by atoms with Crippen molar-refractivity contribution in [2.24, 2.45) is 0 Å². The molecule has 1 aliphatic rings. The first-order valence-electron chi connectivity index (χ1n) is 7.51. The molecule has 1 aliphatic heterocycles. The molecule has 1 aromatic rings. The zero-order chi connectivity index (χ0) is 15.1. The predicted octanol–water partition coefficient (Wildman–Crippen LogP) is 1.87. The lowest BCUT2D eigenvalue weighted by Crippen LogP contribution is -2.43. The normalized spacial score (nSPS) is 19.2. The van der Waals surface area contributed by atoms with Gasteiger partial charge in [-0.3, -0.25) is 9.69 Å². The van der Waals surface area contributed by atoms with Crippen LogP contribution in [0.3, 0.4) is 0 Å². The van der Waals surface area contributed by atoms with Gasteiger partial charge in [0.2, 0.25) is 5.91 Å². The highest BCUT2D eigenvalue weighted by atomic mass is 16.5. The molecular weight excluding hydrogens is 268 g/mol. The van der Waals surface area contributed by atoms with E-state index in [2.05, 4.69) is 10.2 Å². The lowest BCUT2D eigenvalue weighted by molar-refractivity contribution is -0.116. The highest BCUT2D eigenvalue weighted by Gasteiger charge is 2.21.